The molecule has 0 saturated carbocycles. The number of halogens is 4. The van der Waals surface area contributed by atoms with Gasteiger partial charge in [0, 0.05) is 18.9 Å². The molecule has 6 nitrogen and oxygen atoms in total. The van der Waals surface area contributed by atoms with E-state index in [1.165, 1.54) is 0 Å². The number of nitrogens with two attached hydrogens (primary N) is 1. The minimum atomic E-state index is -2.89. The first kappa shape index (κ1) is 22.4. The summed E-state index contributed by atoms with van der Waals surface area (Å²) in [7, 11) is 0. The van der Waals surface area contributed by atoms with Crippen molar-refractivity contribution >= 4 is 6.09 Å². The van der Waals surface area contributed by atoms with E-state index in [0.29, 0.717) is 0 Å². The number of alkyl halides is 4. The van der Waals surface area contributed by atoms with Crippen LogP contribution in [0.1, 0.15) is 18.4 Å². The van der Waals surface area contributed by atoms with Crippen LogP contribution in [-0.2, 0) is 20.8 Å². The summed E-state index contributed by atoms with van der Waals surface area (Å²) in [6, 6.07) is 7.92. The van der Waals surface area contributed by atoms with E-state index in [0.717, 1.165) is 5.56 Å². The van der Waals surface area contributed by atoms with Crippen LogP contribution in [0.15, 0.2) is 30.3 Å². The zero-order valence-electron chi connectivity index (χ0n) is 15.2. The Morgan fingerprint density at radius 2 is 1.68 bits per heavy atom. The Bertz CT molecular complexity index is 619. The summed E-state index contributed by atoms with van der Waals surface area (Å²) in [4.78, 5) is 11.5. The highest BCUT2D eigenvalue weighted by atomic mass is 19.3. The summed E-state index contributed by atoms with van der Waals surface area (Å²) in [5.41, 5.74) is 6.04. The summed E-state index contributed by atoms with van der Waals surface area (Å²) in [5.74, 6) is -5.59. The maximum absolute atomic E-state index is 13.0. The SMILES string of the molecule is NC1COCC(F)(F)C1.O=C(NC1COCC(F)(F)C1)OCc1ccccc1. The number of carbonyl (C=O) groups excluding carboxylic acids is 1. The maximum atomic E-state index is 13.0. The second-order valence-electron chi connectivity index (χ2n) is 6.81. The van der Waals surface area contributed by atoms with E-state index < -0.39 is 49.7 Å². The van der Waals surface area contributed by atoms with Crippen molar-refractivity contribution in [3.63, 3.8) is 0 Å². The molecule has 28 heavy (non-hydrogen) atoms. The zero-order chi connectivity index (χ0) is 20.6. The number of ether oxygens (including phenoxy) is 3. The van der Waals surface area contributed by atoms with Gasteiger partial charge in [0.2, 0.25) is 0 Å². The van der Waals surface area contributed by atoms with Crippen molar-refractivity contribution in [3.8, 4) is 0 Å². The number of amides is 1. The van der Waals surface area contributed by atoms with Crippen LogP contribution in [0.5, 0.6) is 0 Å². The Kier molecular flexibility index (Phi) is 8.02. The van der Waals surface area contributed by atoms with Gasteiger partial charge in [0.05, 0.1) is 19.3 Å². The highest BCUT2D eigenvalue weighted by Gasteiger charge is 2.38. The topological polar surface area (TPSA) is 82.8 Å². The third-order valence-corrected chi connectivity index (χ3v) is 3.92. The van der Waals surface area contributed by atoms with E-state index in [-0.39, 0.29) is 26.2 Å². The number of nitrogens with one attached hydrogen (secondary N) is 1. The molecule has 1 aromatic carbocycles. The fourth-order valence-electron chi connectivity index (χ4n) is 2.71. The first-order chi connectivity index (χ1) is 13.2. The highest BCUT2D eigenvalue weighted by Crippen LogP contribution is 2.25. The van der Waals surface area contributed by atoms with E-state index in [2.05, 4.69) is 10.1 Å². The first-order valence-electron chi connectivity index (χ1n) is 8.79. The third kappa shape index (κ3) is 8.41. The van der Waals surface area contributed by atoms with Gasteiger partial charge in [0.25, 0.3) is 11.8 Å². The van der Waals surface area contributed by atoms with Gasteiger partial charge in [0.15, 0.2) is 0 Å². The molecule has 2 saturated heterocycles. The van der Waals surface area contributed by atoms with E-state index in [9.17, 15) is 22.4 Å². The Morgan fingerprint density at radius 1 is 1.07 bits per heavy atom. The lowest BCUT2D eigenvalue weighted by Crippen LogP contribution is -2.47. The number of hydrogen-bond donors (Lipinski definition) is 2. The van der Waals surface area contributed by atoms with Gasteiger partial charge >= 0.3 is 6.09 Å². The lowest BCUT2D eigenvalue weighted by atomic mass is 10.1. The molecule has 3 rings (SSSR count). The second kappa shape index (κ2) is 10.0. The van der Waals surface area contributed by atoms with E-state index in [4.69, 9.17) is 15.2 Å². The average Bonchev–Trinajstić information content (AvgIpc) is 2.59. The molecule has 158 valence electrons. The number of carbonyl (C=O) groups is 1. The highest BCUT2D eigenvalue weighted by molar-refractivity contribution is 5.67. The van der Waals surface area contributed by atoms with Gasteiger partial charge in [-0.1, -0.05) is 30.3 Å². The molecule has 2 fully saturated rings. The van der Waals surface area contributed by atoms with Crippen molar-refractivity contribution in [2.75, 3.05) is 26.4 Å². The monoisotopic (exact) mass is 408 g/mol. The molecule has 0 spiro atoms. The van der Waals surface area contributed by atoms with Gasteiger partial charge < -0.3 is 25.3 Å². The Hall–Kier alpha value is -1.91. The van der Waals surface area contributed by atoms with Crippen LogP contribution < -0.4 is 11.1 Å². The standard InChI is InChI=1S/C13H15F2NO3.C5H9F2NO/c14-13(15)6-11(8-18-9-13)16-12(17)19-7-10-4-2-1-3-5-10;6-5(7)1-4(8)2-9-3-5/h1-5,11H,6-9H2,(H,16,17);4H,1-3,8H2. The molecule has 0 aromatic heterocycles. The summed E-state index contributed by atoms with van der Waals surface area (Å²) >= 11 is 0. The van der Waals surface area contributed by atoms with Crippen LogP contribution in [0.4, 0.5) is 22.4 Å². The molecule has 2 aliphatic heterocycles. The van der Waals surface area contributed by atoms with Crippen LogP contribution >= 0.6 is 0 Å². The first-order valence-corrected chi connectivity index (χ1v) is 8.79. The quantitative estimate of drug-likeness (QED) is 0.752. The van der Waals surface area contributed by atoms with Crippen LogP contribution in [0, 0.1) is 0 Å². The summed E-state index contributed by atoms with van der Waals surface area (Å²) < 4.78 is 64.8. The van der Waals surface area contributed by atoms with Crippen LogP contribution in [0.2, 0.25) is 0 Å². The molecule has 0 bridgehead atoms. The number of rotatable bonds is 3. The van der Waals surface area contributed by atoms with Gasteiger partial charge in [-0.3, -0.25) is 0 Å². The van der Waals surface area contributed by atoms with Crippen LogP contribution in [0.25, 0.3) is 0 Å². The predicted molar refractivity (Wildman–Crippen MR) is 92.3 cm³/mol. The molecule has 10 heteroatoms. The minimum absolute atomic E-state index is 0.0794. The maximum Gasteiger partial charge on any atom is 0.407 e. The molecule has 0 aliphatic carbocycles. The molecule has 3 N–H and O–H groups in total. The molecule has 2 unspecified atom stereocenters. The molecule has 0 radical (unpaired) electrons. The Balaban J connectivity index is 0.000000261. The Labute approximate surface area is 160 Å². The number of alkyl carbamates (subject to hydrolysis) is 1. The molecule has 2 heterocycles. The average molecular weight is 408 g/mol. The van der Waals surface area contributed by atoms with Crippen molar-refractivity contribution in [1.29, 1.82) is 0 Å². The number of benzene rings is 1. The van der Waals surface area contributed by atoms with Crippen molar-refractivity contribution in [3.05, 3.63) is 35.9 Å². The van der Waals surface area contributed by atoms with Gasteiger partial charge in [0.1, 0.15) is 19.8 Å². The van der Waals surface area contributed by atoms with Crippen molar-refractivity contribution in [2.45, 2.75) is 43.4 Å². The van der Waals surface area contributed by atoms with E-state index >= 15 is 0 Å². The fourth-order valence-corrected chi connectivity index (χ4v) is 2.71. The fraction of sp³-hybridized carbons (Fsp3) is 0.611. The van der Waals surface area contributed by atoms with Gasteiger partial charge in [-0.2, -0.15) is 0 Å². The van der Waals surface area contributed by atoms with Gasteiger partial charge in [-0.15, -0.1) is 0 Å². The second-order valence-corrected chi connectivity index (χ2v) is 6.81. The Morgan fingerprint density at radius 3 is 2.21 bits per heavy atom. The van der Waals surface area contributed by atoms with Crippen LogP contribution in [0.3, 0.4) is 0 Å². The molecule has 1 aromatic rings. The molecular weight excluding hydrogens is 384 g/mol. The molecule has 2 atom stereocenters. The zero-order valence-corrected chi connectivity index (χ0v) is 15.2. The van der Waals surface area contributed by atoms with E-state index in [1.807, 2.05) is 30.3 Å². The summed E-state index contributed by atoms with van der Waals surface area (Å²) in [6.07, 6.45) is -1.38. The number of hydrogen-bond acceptors (Lipinski definition) is 5. The lowest BCUT2D eigenvalue weighted by molar-refractivity contribution is -0.124. The molecular formula is C18H24F4N2O4. The predicted octanol–water partition coefficient (Wildman–Crippen LogP) is 2.71. The smallest absolute Gasteiger partial charge is 0.407 e. The van der Waals surface area contributed by atoms with E-state index in [1.54, 1.807) is 0 Å². The van der Waals surface area contributed by atoms with Crippen molar-refractivity contribution in [2.24, 2.45) is 5.73 Å². The van der Waals surface area contributed by atoms with Crippen LogP contribution in [-0.4, -0.2) is 56.4 Å². The van der Waals surface area contributed by atoms with Crippen molar-refractivity contribution in [1.82, 2.24) is 5.32 Å². The summed E-state index contributed by atoms with van der Waals surface area (Å²) in [6.45, 7) is -0.618. The van der Waals surface area contributed by atoms with Gasteiger partial charge in [-0.05, 0) is 5.56 Å². The van der Waals surface area contributed by atoms with Gasteiger partial charge in [-0.25, -0.2) is 22.4 Å². The molecule has 2 aliphatic rings. The summed E-state index contributed by atoms with van der Waals surface area (Å²) in [5, 5.41) is 2.38. The normalized spacial score (nSPS) is 25.8. The third-order valence-electron chi connectivity index (χ3n) is 3.92. The minimum Gasteiger partial charge on any atom is -0.445 e. The largest absolute Gasteiger partial charge is 0.445 e. The van der Waals surface area contributed by atoms with Crippen molar-refractivity contribution < 1.29 is 36.6 Å². The lowest BCUT2D eigenvalue weighted by Gasteiger charge is -2.29. The molecule has 1 amide bonds.